The molecule has 160 valence electrons. The van der Waals surface area contributed by atoms with Crippen LogP contribution in [0.2, 0.25) is 0 Å². The fourth-order valence-electron chi connectivity index (χ4n) is 3.60. The average Bonchev–Trinajstić information content (AvgIpc) is 2.75. The van der Waals surface area contributed by atoms with Crippen LogP contribution in [0.4, 0.5) is 0 Å². The lowest BCUT2D eigenvalue weighted by molar-refractivity contribution is -0.130. The minimum absolute atomic E-state index is 0.0219. The number of hydrogen-bond donors (Lipinski definition) is 1. The van der Waals surface area contributed by atoms with Crippen LogP contribution >= 0.6 is 0 Å². The SMILES string of the molecule is COc1cc(C(=O)NC(C)Cc2cccnc2)ccc1OC1CCN(C(C)=O)CC1. The van der Waals surface area contributed by atoms with Gasteiger partial charge in [0, 0.05) is 56.9 Å². The van der Waals surface area contributed by atoms with Crippen molar-refractivity contribution in [3.8, 4) is 11.5 Å². The summed E-state index contributed by atoms with van der Waals surface area (Å²) in [5, 5.41) is 3.01. The first kappa shape index (κ1) is 21.6. The van der Waals surface area contributed by atoms with Gasteiger partial charge in [-0.15, -0.1) is 0 Å². The molecule has 1 atom stereocenters. The molecule has 1 N–H and O–H groups in total. The van der Waals surface area contributed by atoms with Crippen molar-refractivity contribution in [1.29, 1.82) is 0 Å². The molecule has 7 nitrogen and oxygen atoms in total. The molecule has 0 bridgehead atoms. The Morgan fingerprint density at radius 2 is 2.00 bits per heavy atom. The van der Waals surface area contributed by atoms with E-state index in [2.05, 4.69) is 10.3 Å². The zero-order valence-corrected chi connectivity index (χ0v) is 17.8. The number of carbonyl (C=O) groups is 2. The van der Waals surface area contributed by atoms with Gasteiger partial charge in [-0.3, -0.25) is 14.6 Å². The summed E-state index contributed by atoms with van der Waals surface area (Å²) in [5.41, 5.74) is 1.59. The Labute approximate surface area is 177 Å². The first-order valence-electron chi connectivity index (χ1n) is 10.3. The Hall–Kier alpha value is -3.09. The molecule has 1 aliphatic rings. The molecule has 2 aromatic rings. The second-order valence-corrected chi connectivity index (χ2v) is 7.63. The second-order valence-electron chi connectivity index (χ2n) is 7.63. The summed E-state index contributed by atoms with van der Waals surface area (Å²) in [5.74, 6) is 1.07. The van der Waals surface area contributed by atoms with Gasteiger partial charge in [-0.2, -0.15) is 0 Å². The monoisotopic (exact) mass is 411 g/mol. The van der Waals surface area contributed by atoms with Crippen LogP contribution < -0.4 is 14.8 Å². The van der Waals surface area contributed by atoms with Crippen LogP contribution in [0.25, 0.3) is 0 Å². The lowest BCUT2D eigenvalue weighted by Crippen LogP contribution is -2.40. The topological polar surface area (TPSA) is 80.8 Å². The van der Waals surface area contributed by atoms with Gasteiger partial charge in [0.15, 0.2) is 11.5 Å². The number of methoxy groups -OCH3 is 1. The largest absolute Gasteiger partial charge is 0.493 e. The molecule has 2 amide bonds. The van der Waals surface area contributed by atoms with E-state index in [0.717, 1.165) is 18.4 Å². The normalized spacial score (nSPS) is 15.4. The summed E-state index contributed by atoms with van der Waals surface area (Å²) in [6.45, 7) is 4.94. The summed E-state index contributed by atoms with van der Waals surface area (Å²) in [6, 6.07) is 9.07. The summed E-state index contributed by atoms with van der Waals surface area (Å²) in [7, 11) is 1.56. The zero-order chi connectivity index (χ0) is 21.5. The molecular formula is C23H29N3O4. The lowest BCUT2D eigenvalue weighted by atomic mass is 10.1. The molecular weight excluding hydrogens is 382 g/mol. The highest BCUT2D eigenvalue weighted by molar-refractivity contribution is 5.95. The molecule has 1 aliphatic heterocycles. The number of rotatable bonds is 7. The maximum atomic E-state index is 12.7. The number of carbonyl (C=O) groups excluding carboxylic acids is 2. The second kappa shape index (κ2) is 10.1. The number of nitrogens with one attached hydrogen (secondary N) is 1. The van der Waals surface area contributed by atoms with Crippen molar-refractivity contribution < 1.29 is 19.1 Å². The van der Waals surface area contributed by atoms with Gasteiger partial charge in [-0.25, -0.2) is 0 Å². The number of nitrogens with zero attached hydrogens (tertiary/aromatic N) is 2. The van der Waals surface area contributed by atoms with Gasteiger partial charge in [-0.1, -0.05) is 6.07 Å². The van der Waals surface area contributed by atoms with E-state index >= 15 is 0 Å². The molecule has 3 rings (SSSR count). The number of benzene rings is 1. The van der Waals surface area contributed by atoms with Gasteiger partial charge < -0.3 is 19.7 Å². The van der Waals surface area contributed by atoms with Crippen LogP contribution in [0.15, 0.2) is 42.7 Å². The quantitative estimate of drug-likeness (QED) is 0.758. The molecule has 0 radical (unpaired) electrons. The molecule has 1 aromatic carbocycles. The summed E-state index contributed by atoms with van der Waals surface area (Å²) < 4.78 is 11.6. The van der Waals surface area contributed by atoms with E-state index in [1.165, 1.54) is 0 Å². The van der Waals surface area contributed by atoms with Crippen molar-refractivity contribution in [1.82, 2.24) is 15.2 Å². The molecule has 0 saturated carbocycles. The minimum atomic E-state index is -0.161. The van der Waals surface area contributed by atoms with Crippen molar-refractivity contribution in [3.63, 3.8) is 0 Å². The third-order valence-electron chi connectivity index (χ3n) is 5.25. The van der Waals surface area contributed by atoms with Crippen molar-refractivity contribution in [2.24, 2.45) is 0 Å². The maximum absolute atomic E-state index is 12.7. The molecule has 30 heavy (non-hydrogen) atoms. The van der Waals surface area contributed by atoms with Crippen molar-refractivity contribution >= 4 is 11.8 Å². The first-order valence-corrected chi connectivity index (χ1v) is 10.3. The Bertz CT molecular complexity index is 864. The average molecular weight is 412 g/mol. The molecule has 7 heteroatoms. The number of pyridine rings is 1. The van der Waals surface area contributed by atoms with Gasteiger partial charge >= 0.3 is 0 Å². The van der Waals surface area contributed by atoms with Gasteiger partial charge in [0.1, 0.15) is 6.10 Å². The third kappa shape index (κ3) is 5.72. The van der Waals surface area contributed by atoms with Gasteiger partial charge in [-0.05, 0) is 43.2 Å². The minimum Gasteiger partial charge on any atom is -0.493 e. The van der Waals surface area contributed by atoms with Crippen LogP contribution in [-0.2, 0) is 11.2 Å². The lowest BCUT2D eigenvalue weighted by Gasteiger charge is -2.31. The zero-order valence-electron chi connectivity index (χ0n) is 17.8. The number of piperidine rings is 1. The standard InChI is InChI=1S/C23H29N3O4/c1-16(13-18-5-4-10-24-15-18)25-23(28)19-6-7-21(22(14-19)29-3)30-20-8-11-26(12-9-20)17(2)27/h4-7,10,14-16,20H,8-9,11-13H2,1-3H3,(H,25,28). The fourth-order valence-corrected chi connectivity index (χ4v) is 3.60. The molecule has 1 fully saturated rings. The smallest absolute Gasteiger partial charge is 0.251 e. The Morgan fingerprint density at radius 3 is 2.63 bits per heavy atom. The van der Waals surface area contributed by atoms with Crippen LogP contribution in [0.3, 0.4) is 0 Å². The Kier molecular flexibility index (Phi) is 7.27. The summed E-state index contributed by atoms with van der Waals surface area (Å²) in [6.07, 6.45) is 5.81. The number of ether oxygens (including phenoxy) is 2. The summed E-state index contributed by atoms with van der Waals surface area (Å²) in [4.78, 5) is 30.1. The number of likely N-dealkylation sites (tertiary alicyclic amines) is 1. The van der Waals surface area contributed by atoms with Gasteiger partial charge in [0.25, 0.3) is 5.91 Å². The van der Waals surface area contributed by atoms with Gasteiger partial charge in [0.2, 0.25) is 5.91 Å². The van der Waals surface area contributed by atoms with Crippen molar-refractivity contribution in [2.75, 3.05) is 20.2 Å². The fraction of sp³-hybridized carbons (Fsp3) is 0.435. The molecule has 2 heterocycles. The van der Waals surface area contributed by atoms with Gasteiger partial charge in [0.05, 0.1) is 7.11 Å². The van der Waals surface area contributed by atoms with Crippen molar-refractivity contribution in [2.45, 2.75) is 45.3 Å². The van der Waals surface area contributed by atoms with Crippen LogP contribution in [0.1, 0.15) is 42.6 Å². The van der Waals surface area contributed by atoms with E-state index in [4.69, 9.17) is 9.47 Å². The molecule has 0 spiro atoms. The van der Waals surface area contributed by atoms with Crippen LogP contribution in [-0.4, -0.2) is 54.0 Å². The Morgan fingerprint density at radius 1 is 1.23 bits per heavy atom. The maximum Gasteiger partial charge on any atom is 0.251 e. The highest BCUT2D eigenvalue weighted by Gasteiger charge is 2.23. The van der Waals surface area contributed by atoms with Crippen LogP contribution in [0.5, 0.6) is 11.5 Å². The van der Waals surface area contributed by atoms with E-state index < -0.39 is 0 Å². The van der Waals surface area contributed by atoms with E-state index in [-0.39, 0.29) is 24.0 Å². The summed E-state index contributed by atoms with van der Waals surface area (Å²) >= 11 is 0. The Balaban J connectivity index is 1.59. The molecule has 1 unspecified atom stereocenters. The number of aromatic nitrogens is 1. The highest BCUT2D eigenvalue weighted by atomic mass is 16.5. The molecule has 1 saturated heterocycles. The number of hydrogen-bond acceptors (Lipinski definition) is 5. The predicted octanol–water partition coefficient (Wildman–Crippen LogP) is 2.84. The van der Waals surface area contributed by atoms with E-state index in [1.54, 1.807) is 44.6 Å². The predicted molar refractivity (Wildman–Crippen MR) is 114 cm³/mol. The third-order valence-corrected chi connectivity index (χ3v) is 5.25. The number of amides is 2. The first-order chi connectivity index (χ1) is 14.5. The van der Waals surface area contributed by atoms with Crippen molar-refractivity contribution in [3.05, 3.63) is 53.9 Å². The van der Waals surface area contributed by atoms with E-state index in [9.17, 15) is 9.59 Å². The van der Waals surface area contributed by atoms with Crippen LogP contribution in [0, 0.1) is 0 Å². The van der Waals surface area contributed by atoms with E-state index in [1.807, 2.05) is 24.0 Å². The molecule has 1 aromatic heterocycles. The highest BCUT2D eigenvalue weighted by Crippen LogP contribution is 2.30. The van der Waals surface area contributed by atoms with E-state index in [0.29, 0.717) is 36.6 Å². The molecule has 0 aliphatic carbocycles.